The Morgan fingerprint density at radius 3 is 2.56 bits per heavy atom. The molecular weight excluding hydrogens is 426 g/mol. The topological polar surface area (TPSA) is 91.4 Å². The molecule has 0 radical (unpaired) electrons. The van der Waals surface area contributed by atoms with Gasteiger partial charge in [0.25, 0.3) is 11.5 Å². The normalized spacial score (nSPS) is 14.0. The van der Waals surface area contributed by atoms with E-state index in [1.165, 1.54) is 11.3 Å². The number of nitrogens with one attached hydrogen (secondary N) is 1. The van der Waals surface area contributed by atoms with Crippen molar-refractivity contribution >= 4 is 33.1 Å². The summed E-state index contributed by atoms with van der Waals surface area (Å²) in [4.78, 5) is 41.5. The van der Waals surface area contributed by atoms with Gasteiger partial charge in [-0.05, 0) is 36.4 Å². The van der Waals surface area contributed by atoms with Crippen molar-refractivity contribution in [2.75, 3.05) is 38.2 Å². The van der Waals surface area contributed by atoms with Gasteiger partial charge in [-0.2, -0.15) is 0 Å². The Bertz CT molecular complexity index is 1310. The van der Waals surface area contributed by atoms with Gasteiger partial charge >= 0.3 is 0 Å². The molecule has 9 heteroatoms. The van der Waals surface area contributed by atoms with Crippen LogP contribution in [0.25, 0.3) is 21.7 Å². The van der Waals surface area contributed by atoms with Crippen LogP contribution in [0.5, 0.6) is 5.75 Å². The van der Waals surface area contributed by atoms with Gasteiger partial charge in [0.15, 0.2) is 5.82 Å². The average Bonchev–Trinajstić information content (AvgIpc) is 3.29. The molecule has 0 bridgehead atoms. The van der Waals surface area contributed by atoms with E-state index in [1.54, 1.807) is 30.8 Å². The maximum atomic E-state index is 13.3. The Morgan fingerprint density at radius 1 is 1.09 bits per heavy atom. The first-order chi connectivity index (χ1) is 15.6. The van der Waals surface area contributed by atoms with E-state index in [-0.39, 0.29) is 11.5 Å². The van der Waals surface area contributed by atoms with Gasteiger partial charge in [-0.1, -0.05) is 6.07 Å². The molecule has 1 fully saturated rings. The standard InChI is InChI=1S/C23H21N5O3S/c1-31-16-7-5-15(6-8-16)27-10-12-28(13-11-27)23(30)17-14-32-20-19(17)25-21(26-22(20)29)18-4-2-3-9-24-18/h2-9,14H,10-13H2,1H3,(H,25,26,29). The van der Waals surface area contributed by atoms with Gasteiger partial charge in [0.2, 0.25) is 0 Å². The first-order valence-electron chi connectivity index (χ1n) is 10.3. The molecule has 0 spiro atoms. The number of thiophene rings is 1. The third-order valence-corrected chi connectivity index (χ3v) is 6.54. The number of piperazine rings is 1. The Kier molecular flexibility index (Phi) is 5.32. The zero-order chi connectivity index (χ0) is 22.1. The van der Waals surface area contributed by atoms with Crippen LogP contribution in [0.4, 0.5) is 5.69 Å². The molecule has 5 rings (SSSR count). The monoisotopic (exact) mass is 447 g/mol. The van der Waals surface area contributed by atoms with E-state index in [4.69, 9.17) is 4.74 Å². The maximum absolute atomic E-state index is 13.3. The van der Waals surface area contributed by atoms with Crippen LogP contribution >= 0.6 is 11.3 Å². The molecule has 8 nitrogen and oxygen atoms in total. The van der Waals surface area contributed by atoms with Crippen LogP contribution < -0.4 is 15.2 Å². The first-order valence-corrected chi connectivity index (χ1v) is 11.1. The number of benzene rings is 1. The molecule has 0 aliphatic carbocycles. The van der Waals surface area contributed by atoms with Gasteiger partial charge in [0, 0.05) is 43.4 Å². The number of fused-ring (bicyclic) bond motifs is 1. The van der Waals surface area contributed by atoms with E-state index in [0.717, 1.165) is 24.5 Å². The van der Waals surface area contributed by atoms with Gasteiger partial charge < -0.3 is 19.5 Å². The zero-order valence-electron chi connectivity index (χ0n) is 17.4. The molecule has 1 aliphatic rings. The number of hydrogen-bond acceptors (Lipinski definition) is 7. The summed E-state index contributed by atoms with van der Waals surface area (Å²) in [6.45, 7) is 2.65. The summed E-state index contributed by atoms with van der Waals surface area (Å²) in [5, 5.41) is 1.73. The summed E-state index contributed by atoms with van der Waals surface area (Å²) in [5.74, 6) is 1.08. The molecule has 0 unspecified atom stereocenters. The molecular formula is C23H21N5O3S. The van der Waals surface area contributed by atoms with Crippen molar-refractivity contribution in [2.24, 2.45) is 0 Å². The Morgan fingerprint density at radius 2 is 1.88 bits per heavy atom. The second-order valence-corrected chi connectivity index (χ2v) is 8.31. The van der Waals surface area contributed by atoms with Crippen molar-refractivity contribution in [3.8, 4) is 17.3 Å². The Labute approximate surface area is 188 Å². The van der Waals surface area contributed by atoms with Crippen LogP contribution in [-0.2, 0) is 0 Å². The van der Waals surface area contributed by atoms with Crippen molar-refractivity contribution < 1.29 is 9.53 Å². The number of amides is 1. The van der Waals surface area contributed by atoms with Crippen LogP contribution in [0.2, 0.25) is 0 Å². The molecule has 4 aromatic rings. The molecule has 162 valence electrons. The predicted molar refractivity (Wildman–Crippen MR) is 125 cm³/mol. The number of carbonyl (C=O) groups excluding carboxylic acids is 1. The molecule has 1 N–H and O–H groups in total. The Balaban J connectivity index is 1.37. The number of rotatable bonds is 4. The molecule has 1 aliphatic heterocycles. The first kappa shape index (κ1) is 20.2. The number of aromatic amines is 1. The summed E-state index contributed by atoms with van der Waals surface area (Å²) >= 11 is 1.24. The highest BCUT2D eigenvalue weighted by Crippen LogP contribution is 2.26. The molecule has 4 heterocycles. The number of nitrogens with zero attached hydrogens (tertiary/aromatic N) is 4. The third-order valence-electron chi connectivity index (χ3n) is 5.57. The molecule has 1 saturated heterocycles. The lowest BCUT2D eigenvalue weighted by Crippen LogP contribution is -2.48. The highest BCUT2D eigenvalue weighted by atomic mass is 32.1. The van der Waals surface area contributed by atoms with E-state index in [1.807, 2.05) is 35.2 Å². The average molecular weight is 448 g/mol. The summed E-state index contributed by atoms with van der Waals surface area (Å²) in [6, 6.07) is 13.3. The van der Waals surface area contributed by atoms with Gasteiger partial charge in [-0.15, -0.1) is 11.3 Å². The Hall–Kier alpha value is -3.72. The van der Waals surface area contributed by atoms with Crippen LogP contribution in [-0.4, -0.2) is 59.0 Å². The van der Waals surface area contributed by atoms with E-state index in [2.05, 4.69) is 19.9 Å². The fourth-order valence-corrected chi connectivity index (χ4v) is 4.71. The highest BCUT2D eigenvalue weighted by Gasteiger charge is 2.26. The lowest BCUT2D eigenvalue weighted by atomic mass is 10.2. The van der Waals surface area contributed by atoms with Crippen molar-refractivity contribution in [3.05, 3.63) is 70.0 Å². The van der Waals surface area contributed by atoms with E-state index >= 15 is 0 Å². The SMILES string of the molecule is COc1ccc(N2CCN(C(=O)c3csc4c(=O)[nH]c(-c5ccccn5)nc34)CC2)cc1. The quantitative estimate of drug-likeness (QED) is 0.517. The molecule has 3 aromatic heterocycles. The molecule has 0 atom stereocenters. The minimum Gasteiger partial charge on any atom is -0.497 e. The summed E-state index contributed by atoms with van der Waals surface area (Å²) < 4.78 is 5.67. The van der Waals surface area contributed by atoms with Crippen LogP contribution in [0.1, 0.15) is 10.4 Å². The van der Waals surface area contributed by atoms with Crippen LogP contribution in [0.15, 0.2) is 58.8 Å². The minimum absolute atomic E-state index is 0.101. The summed E-state index contributed by atoms with van der Waals surface area (Å²) in [7, 11) is 1.65. The zero-order valence-corrected chi connectivity index (χ0v) is 18.3. The number of carbonyl (C=O) groups is 1. The summed E-state index contributed by atoms with van der Waals surface area (Å²) in [6.07, 6.45) is 1.64. The number of hydrogen-bond donors (Lipinski definition) is 1. The van der Waals surface area contributed by atoms with Gasteiger partial charge in [-0.3, -0.25) is 14.6 Å². The number of H-pyrrole nitrogens is 1. The minimum atomic E-state index is -0.260. The number of pyridine rings is 1. The lowest BCUT2D eigenvalue weighted by molar-refractivity contribution is 0.0749. The van der Waals surface area contributed by atoms with Crippen molar-refractivity contribution in [1.82, 2.24) is 19.9 Å². The highest BCUT2D eigenvalue weighted by molar-refractivity contribution is 7.17. The smallest absolute Gasteiger partial charge is 0.269 e. The van der Waals surface area contributed by atoms with Crippen molar-refractivity contribution in [1.29, 1.82) is 0 Å². The second-order valence-electron chi connectivity index (χ2n) is 7.43. The van der Waals surface area contributed by atoms with Gasteiger partial charge in [0.05, 0.1) is 12.7 Å². The van der Waals surface area contributed by atoms with E-state index in [9.17, 15) is 9.59 Å². The number of ether oxygens (including phenoxy) is 1. The number of aromatic nitrogens is 3. The van der Waals surface area contributed by atoms with Crippen LogP contribution in [0.3, 0.4) is 0 Å². The van der Waals surface area contributed by atoms with Gasteiger partial charge in [-0.25, -0.2) is 4.98 Å². The number of methoxy groups -OCH3 is 1. The lowest BCUT2D eigenvalue weighted by Gasteiger charge is -2.36. The predicted octanol–water partition coefficient (Wildman–Crippen LogP) is 3.02. The van der Waals surface area contributed by atoms with Gasteiger partial charge in [0.1, 0.15) is 21.7 Å². The van der Waals surface area contributed by atoms with E-state index < -0.39 is 0 Å². The second kappa shape index (κ2) is 8.43. The third kappa shape index (κ3) is 3.71. The molecule has 32 heavy (non-hydrogen) atoms. The molecule has 1 amide bonds. The van der Waals surface area contributed by atoms with Crippen molar-refractivity contribution in [2.45, 2.75) is 0 Å². The fourth-order valence-electron chi connectivity index (χ4n) is 3.83. The largest absolute Gasteiger partial charge is 0.497 e. The maximum Gasteiger partial charge on any atom is 0.269 e. The van der Waals surface area contributed by atoms with Crippen LogP contribution in [0, 0.1) is 0 Å². The van der Waals surface area contributed by atoms with Crippen molar-refractivity contribution in [3.63, 3.8) is 0 Å². The molecule has 1 aromatic carbocycles. The number of anilines is 1. The van der Waals surface area contributed by atoms with E-state index in [0.29, 0.717) is 40.4 Å². The fraction of sp³-hybridized carbons (Fsp3) is 0.217. The summed E-state index contributed by atoms with van der Waals surface area (Å²) in [5.41, 5.74) is 2.30. The molecule has 0 saturated carbocycles.